The van der Waals surface area contributed by atoms with Crippen LogP contribution in [0.2, 0.25) is 0 Å². The van der Waals surface area contributed by atoms with Crippen molar-refractivity contribution in [3.8, 4) is 5.75 Å². The summed E-state index contributed by atoms with van der Waals surface area (Å²) in [6, 6.07) is 15.3. The number of aromatic amines is 1. The van der Waals surface area contributed by atoms with Crippen LogP contribution in [0.4, 0.5) is 0 Å². The van der Waals surface area contributed by atoms with E-state index in [0.29, 0.717) is 12.2 Å². The Labute approximate surface area is 217 Å². The maximum absolute atomic E-state index is 13.1. The van der Waals surface area contributed by atoms with Gasteiger partial charge in [0, 0.05) is 44.7 Å². The third kappa shape index (κ3) is 7.56. The van der Waals surface area contributed by atoms with Crippen LogP contribution in [-0.2, 0) is 11.2 Å². The number of carbonyl (C=O) groups excluding carboxylic acids is 3. The summed E-state index contributed by atoms with van der Waals surface area (Å²) in [6.07, 6.45) is 0.577. The number of nitrogens with zero attached hydrogens (tertiary/aromatic N) is 2. The van der Waals surface area contributed by atoms with Crippen molar-refractivity contribution >= 4 is 17.7 Å². The summed E-state index contributed by atoms with van der Waals surface area (Å²) in [4.78, 5) is 64.8. The van der Waals surface area contributed by atoms with E-state index in [1.807, 2.05) is 18.2 Å². The lowest BCUT2D eigenvalue weighted by atomic mass is 10.1. The number of aryl methyl sites for hydroxylation is 1. The maximum Gasteiger partial charge on any atom is 0.283 e. The third-order valence-electron chi connectivity index (χ3n) is 5.66. The number of methoxy groups -OCH3 is 1. The molecule has 3 aromatic rings. The summed E-state index contributed by atoms with van der Waals surface area (Å²) in [6.45, 7) is 0.373. The van der Waals surface area contributed by atoms with Gasteiger partial charge >= 0.3 is 0 Å². The molecule has 2 aromatic heterocycles. The van der Waals surface area contributed by atoms with E-state index in [-0.39, 0.29) is 54.6 Å². The summed E-state index contributed by atoms with van der Waals surface area (Å²) in [5.74, 6) is -0.734. The number of para-hydroxylation sites is 1. The Hall–Kier alpha value is -4.87. The molecule has 3 rings (SSSR count). The zero-order valence-electron chi connectivity index (χ0n) is 20.8. The predicted octanol–water partition coefficient (Wildman–Crippen LogP) is 0.404. The van der Waals surface area contributed by atoms with Crippen molar-refractivity contribution in [2.75, 3.05) is 33.3 Å². The van der Waals surface area contributed by atoms with Gasteiger partial charge in [-0.25, -0.2) is 0 Å². The SMILES string of the molecule is COc1ccccc1CCC(=O)N(CCNC(=O)c1cccc(=O)[nH]1)CCNC(=O)c1cccc(=O)n1O. The number of hydrogen-bond acceptors (Lipinski definition) is 7. The predicted molar refractivity (Wildman–Crippen MR) is 138 cm³/mol. The fourth-order valence-corrected chi connectivity index (χ4v) is 3.70. The number of ether oxygens (including phenoxy) is 1. The molecule has 3 amide bonds. The zero-order valence-corrected chi connectivity index (χ0v) is 20.8. The lowest BCUT2D eigenvalue weighted by Gasteiger charge is -2.23. The van der Waals surface area contributed by atoms with Gasteiger partial charge in [-0.2, -0.15) is 0 Å². The lowest BCUT2D eigenvalue weighted by molar-refractivity contribution is -0.131. The molecule has 0 spiro atoms. The number of benzene rings is 1. The van der Waals surface area contributed by atoms with Gasteiger partial charge < -0.3 is 30.5 Å². The molecule has 0 aliphatic rings. The van der Waals surface area contributed by atoms with Crippen LogP contribution < -0.4 is 26.5 Å². The Kier molecular flexibility index (Phi) is 9.80. The number of nitrogens with one attached hydrogen (secondary N) is 3. The number of amides is 3. The van der Waals surface area contributed by atoms with Crippen molar-refractivity contribution in [2.45, 2.75) is 12.8 Å². The first kappa shape index (κ1) is 27.7. The van der Waals surface area contributed by atoms with Crippen molar-refractivity contribution < 1.29 is 24.3 Å². The van der Waals surface area contributed by atoms with Gasteiger partial charge in [0.15, 0.2) is 0 Å². The summed E-state index contributed by atoms with van der Waals surface area (Å²) in [7, 11) is 1.55. The monoisotopic (exact) mass is 523 g/mol. The molecule has 4 N–H and O–H groups in total. The minimum atomic E-state index is -0.749. The highest BCUT2D eigenvalue weighted by atomic mass is 16.5. The fourth-order valence-electron chi connectivity index (χ4n) is 3.70. The summed E-state index contributed by atoms with van der Waals surface area (Å²) in [5, 5.41) is 15.0. The molecule has 0 aliphatic heterocycles. The molecule has 0 saturated carbocycles. The maximum atomic E-state index is 13.1. The lowest BCUT2D eigenvalue weighted by Crippen LogP contribution is -2.43. The van der Waals surface area contributed by atoms with Gasteiger partial charge in [0.2, 0.25) is 11.5 Å². The second-order valence-corrected chi connectivity index (χ2v) is 8.19. The third-order valence-corrected chi connectivity index (χ3v) is 5.66. The average Bonchev–Trinajstić information content (AvgIpc) is 2.92. The molecule has 12 nitrogen and oxygen atoms in total. The highest BCUT2D eigenvalue weighted by Gasteiger charge is 2.17. The molecule has 12 heteroatoms. The number of pyridine rings is 2. The van der Waals surface area contributed by atoms with E-state index in [2.05, 4.69) is 15.6 Å². The van der Waals surface area contributed by atoms with Crippen molar-refractivity contribution in [1.29, 1.82) is 0 Å². The topological polar surface area (TPSA) is 163 Å². The number of hydrogen-bond donors (Lipinski definition) is 4. The minimum absolute atomic E-state index is 0.0300. The molecule has 0 unspecified atom stereocenters. The molecular weight excluding hydrogens is 494 g/mol. The van der Waals surface area contributed by atoms with Crippen molar-refractivity contribution in [1.82, 2.24) is 25.2 Å². The van der Waals surface area contributed by atoms with Crippen LogP contribution in [-0.4, -0.2) is 70.8 Å². The molecule has 1 aromatic carbocycles. The van der Waals surface area contributed by atoms with E-state index in [0.717, 1.165) is 11.6 Å². The van der Waals surface area contributed by atoms with Gasteiger partial charge in [-0.3, -0.25) is 24.0 Å². The smallest absolute Gasteiger partial charge is 0.283 e. The van der Waals surface area contributed by atoms with E-state index >= 15 is 0 Å². The molecule has 0 bridgehead atoms. The fraction of sp³-hybridized carbons (Fsp3) is 0.269. The summed E-state index contributed by atoms with van der Waals surface area (Å²) >= 11 is 0. The van der Waals surface area contributed by atoms with Crippen LogP contribution >= 0.6 is 0 Å². The molecule has 200 valence electrons. The highest BCUT2D eigenvalue weighted by molar-refractivity contribution is 5.92. The second-order valence-electron chi connectivity index (χ2n) is 8.19. The molecule has 0 radical (unpaired) electrons. The first-order valence-electron chi connectivity index (χ1n) is 11.9. The standard InChI is InChI=1S/C26H29N5O7/c1-38-21-9-3-2-6-18(21)12-13-23(33)30(16-14-27-25(35)19-7-4-10-22(32)29-19)17-15-28-26(36)20-8-5-11-24(34)31(20)37/h2-11,37H,12-17H2,1H3,(H,27,35)(H,28,36)(H,29,32). The molecule has 0 fully saturated rings. The molecule has 0 saturated heterocycles. The van der Waals surface area contributed by atoms with Crippen LogP contribution in [0.25, 0.3) is 0 Å². The van der Waals surface area contributed by atoms with E-state index < -0.39 is 22.9 Å². The van der Waals surface area contributed by atoms with Gasteiger partial charge in [0.05, 0.1) is 7.11 Å². The Morgan fingerprint density at radius 3 is 2.32 bits per heavy atom. The molecular formula is C26H29N5O7. The van der Waals surface area contributed by atoms with Crippen molar-refractivity contribution in [3.05, 3.63) is 98.3 Å². The van der Waals surface area contributed by atoms with E-state index in [4.69, 9.17) is 4.74 Å². The first-order valence-corrected chi connectivity index (χ1v) is 11.9. The zero-order chi connectivity index (χ0) is 27.5. The Morgan fingerprint density at radius 2 is 1.61 bits per heavy atom. The van der Waals surface area contributed by atoms with Gasteiger partial charge in [0.1, 0.15) is 17.1 Å². The Bertz CT molecular complexity index is 1400. The van der Waals surface area contributed by atoms with E-state index in [1.54, 1.807) is 13.2 Å². The summed E-state index contributed by atoms with van der Waals surface area (Å²) in [5.41, 5.74) is -0.440. The number of carbonyl (C=O) groups is 3. The van der Waals surface area contributed by atoms with Crippen LogP contribution in [0, 0.1) is 0 Å². The Morgan fingerprint density at radius 1 is 0.921 bits per heavy atom. The van der Waals surface area contributed by atoms with Gasteiger partial charge in [-0.1, -0.05) is 30.3 Å². The minimum Gasteiger partial charge on any atom is -0.496 e. The number of H-pyrrole nitrogens is 1. The molecule has 38 heavy (non-hydrogen) atoms. The van der Waals surface area contributed by atoms with E-state index in [1.165, 1.54) is 35.2 Å². The summed E-state index contributed by atoms with van der Waals surface area (Å²) < 4.78 is 5.59. The van der Waals surface area contributed by atoms with Crippen molar-refractivity contribution in [3.63, 3.8) is 0 Å². The molecule has 2 heterocycles. The largest absolute Gasteiger partial charge is 0.496 e. The van der Waals surface area contributed by atoms with Gasteiger partial charge in [-0.05, 0) is 30.2 Å². The van der Waals surface area contributed by atoms with E-state index in [9.17, 15) is 29.2 Å². The molecule has 0 atom stereocenters. The van der Waals surface area contributed by atoms with Crippen LogP contribution in [0.3, 0.4) is 0 Å². The van der Waals surface area contributed by atoms with Crippen LogP contribution in [0.5, 0.6) is 5.75 Å². The number of rotatable bonds is 12. The number of aromatic nitrogens is 2. The first-order chi connectivity index (χ1) is 18.3. The second kappa shape index (κ2) is 13.4. The Balaban J connectivity index is 1.62. The highest BCUT2D eigenvalue weighted by Crippen LogP contribution is 2.19. The van der Waals surface area contributed by atoms with Gasteiger partial charge in [0.25, 0.3) is 17.4 Å². The quantitative estimate of drug-likeness (QED) is 0.250. The van der Waals surface area contributed by atoms with Gasteiger partial charge in [-0.15, -0.1) is 4.73 Å². The average molecular weight is 524 g/mol. The normalized spacial score (nSPS) is 10.4. The van der Waals surface area contributed by atoms with Crippen molar-refractivity contribution in [2.24, 2.45) is 0 Å². The van der Waals surface area contributed by atoms with Crippen LogP contribution in [0.15, 0.2) is 70.3 Å². The molecule has 0 aliphatic carbocycles. The van der Waals surface area contributed by atoms with Crippen LogP contribution in [0.1, 0.15) is 33.0 Å².